The normalized spacial score (nSPS) is 14.2. The van der Waals surface area contributed by atoms with Crippen LogP contribution >= 0.6 is 0 Å². The lowest BCUT2D eigenvalue weighted by Gasteiger charge is -2.38. The van der Waals surface area contributed by atoms with Gasteiger partial charge in [0.1, 0.15) is 11.2 Å². The first-order valence-electron chi connectivity index (χ1n) is 8.66. The molecule has 4 heteroatoms. The standard InChI is InChI=1S/C18H38O4/c1-11-13-18(12-2,21-19-16(7,8)14(3)4)22-20-17(9,10)15(5)6/h14-15H,11-13H2,1-10H3. The highest BCUT2D eigenvalue weighted by Gasteiger charge is 2.39. The van der Waals surface area contributed by atoms with Crippen molar-refractivity contribution in [3.05, 3.63) is 0 Å². The van der Waals surface area contributed by atoms with Gasteiger partial charge in [-0.3, -0.25) is 0 Å². The van der Waals surface area contributed by atoms with Crippen LogP contribution in [0.3, 0.4) is 0 Å². The predicted octanol–water partition coefficient (Wildman–Crippen LogP) is 5.66. The van der Waals surface area contributed by atoms with Crippen LogP contribution in [0.1, 0.15) is 88.5 Å². The fourth-order valence-corrected chi connectivity index (χ4v) is 1.33. The zero-order valence-corrected chi connectivity index (χ0v) is 16.4. The third-order valence-corrected chi connectivity index (χ3v) is 4.77. The minimum atomic E-state index is -0.868. The fourth-order valence-electron chi connectivity index (χ4n) is 1.33. The lowest BCUT2D eigenvalue weighted by Crippen LogP contribution is -2.44. The molecular formula is C18H38O4. The van der Waals surface area contributed by atoms with Gasteiger partial charge in [-0.2, -0.15) is 9.78 Å². The lowest BCUT2D eigenvalue weighted by molar-refractivity contribution is -0.549. The van der Waals surface area contributed by atoms with Crippen LogP contribution in [0.25, 0.3) is 0 Å². The summed E-state index contributed by atoms with van der Waals surface area (Å²) in [7, 11) is 0. The van der Waals surface area contributed by atoms with Gasteiger partial charge < -0.3 is 0 Å². The second kappa shape index (κ2) is 8.62. The van der Waals surface area contributed by atoms with Crippen molar-refractivity contribution in [3.63, 3.8) is 0 Å². The van der Waals surface area contributed by atoms with Gasteiger partial charge in [0.05, 0.1) is 0 Å². The van der Waals surface area contributed by atoms with E-state index < -0.39 is 5.79 Å². The van der Waals surface area contributed by atoms with Crippen LogP contribution in [-0.2, 0) is 19.6 Å². The van der Waals surface area contributed by atoms with E-state index in [2.05, 4.69) is 34.6 Å². The maximum atomic E-state index is 5.77. The van der Waals surface area contributed by atoms with Crippen molar-refractivity contribution in [1.82, 2.24) is 0 Å². The van der Waals surface area contributed by atoms with E-state index in [0.717, 1.165) is 6.42 Å². The van der Waals surface area contributed by atoms with E-state index in [1.54, 1.807) is 0 Å². The van der Waals surface area contributed by atoms with Gasteiger partial charge in [0, 0.05) is 12.8 Å². The summed E-state index contributed by atoms with van der Waals surface area (Å²) in [5, 5.41) is 0. The second-order valence-electron chi connectivity index (χ2n) is 7.86. The Labute approximate surface area is 137 Å². The molecule has 134 valence electrons. The van der Waals surface area contributed by atoms with Crippen LogP contribution in [0.4, 0.5) is 0 Å². The Morgan fingerprint density at radius 2 is 1.05 bits per heavy atom. The number of rotatable bonds is 11. The van der Waals surface area contributed by atoms with Crippen molar-refractivity contribution in [3.8, 4) is 0 Å². The van der Waals surface area contributed by atoms with E-state index in [4.69, 9.17) is 19.6 Å². The molecule has 0 unspecified atom stereocenters. The molecule has 0 bridgehead atoms. The van der Waals surface area contributed by atoms with E-state index in [0.29, 0.717) is 24.7 Å². The maximum Gasteiger partial charge on any atom is 0.233 e. The molecule has 0 saturated heterocycles. The van der Waals surface area contributed by atoms with Gasteiger partial charge in [-0.15, -0.1) is 0 Å². The molecule has 0 heterocycles. The Hall–Kier alpha value is -0.160. The molecule has 0 aliphatic carbocycles. The zero-order valence-electron chi connectivity index (χ0n) is 16.4. The Kier molecular flexibility index (Phi) is 8.56. The summed E-state index contributed by atoms with van der Waals surface area (Å²) in [6.45, 7) is 20.6. The highest BCUT2D eigenvalue weighted by Crippen LogP contribution is 2.32. The minimum Gasteiger partial charge on any atom is -0.227 e. The third kappa shape index (κ3) is 6.53. The largest absolute Gasteiger partial charge is 0.233 e. The maximum absolute atomic E-state index is 5.77. The van der Waals surface area contributed by atoms with Gasteiger partial charge >= 0.3 is 0 Å². The van der Waals surface area contributed by atoms with Crippen LogP contribution in [0, 0.1) is 11.8 Å². The molecule has 0 aromatic carbocycles. The molecule has 0 spiro atoms. The van der Waals surface area contributed by atoms with Crippen molar-refractivity contribution in [2.24, 2.45) is 11.8 Å². The smallest absolute Gasteiger partial charge is 0.227 e. The van der Waals surface area contributed by atoms with Crippen LogP contribution < -0.4 is 0 Å². The minimum absolute atomic E-state index is 0.330. The fraction of sp³-hybridized carbons (Fsp3) is 1.00. The van der Waals surface area contributed by atoms with E-state index in [1.165, 1.54) is 0 Å². The summed E-state index contributed by atoms with van der Waals surface area (Å²) in [5.41, 5.74) is -0.768. The first-order chi connectivity index (χ1) is 9.92. The summed E-state index contributed by atoms with van der Waals surface area (Å²) in [5.74, 6) is -0.207. The van der Waals surface area contributed by atoms with Crippen LogP contribution in [0.2, 0.25) is 0 Å². The average molecular weight is 318 g/mol. The van der Waals surface area contributed by atoms with Crippen molar-refractivity contribution < 1.29 is 19.6 Å². The summed E-state index contributed by atoms with van der Waals surface area (Å²) in [6.07, 6.45) is 2.29. The topological polar surface area (TPSA) is 36.9 Å². The Morgan fingerprint density at radius 1 is 0.682 bits per heavy atom. The van der Waals surface area contributed by atoms with Crippen molar-refractivity contribution in [1.29, 1.82) is 0 Å². The summed E-state index contributed by atoms with van der Waals surface area (Å²) >= 11 is 0. The average Bonchev–Trinajstić information content (AvgIpc) is 2.42. The van der Waals surface area contributed by atoms with Gasteiger partial charge in [-0.05, 0) is 39.5 Å². The summed E-state index contributed by atoms with van der Waals surface area (Å²) in [4.78, 5) is 23.0. The molecule has 0 saturated carbocycles. The molecule has 22 heavy (non-hydrogen) atoms. The quantitative estimate of drug-likeness (QED) is 0.280. The van der Waals surface area contributed by atoms with Gasteiger partial charge in [-0.1, -0.05) is 48.0 Å². The van der Waals surface area contributed by atoms with Crippen molar-refractivity contribution >= 4 is 0 Å². The SMILES string of the molecule is CCCC(CC)(OOC(C)(C)C(C)C)OOC(C)(C)C(C)C. The second-order valence-corrected chi connectivity index (χ2v) is 7.86. The Balaban J connectivity index is 4.93. The highest BCUT2D eigenvalue weighted by atomic mass is 17.3. The van der Waals surface area contributed by atoms with E-state index in [1.807, 2.05) is 34.6 Å². The predicted molar refractivity (Wildman–Crippen MR) is 90.1 cm³/mol. The molecule has 0 radical (unpaired) electrons. The number of hydrogen-bond donors (Lipinski definition) is 0. The Bertz CT molecular complexity index is 284. The van der Waals surface area contributed by atoms with E-state index >= 15 is 0 Å². The van der Waals surface area contributed by atoms with E-state index in [-0.39, 0.29) is 11.2 Å². The molecule has 0 amide bonds. The molecular weight excluding hydrogens is 280 g/mol. The molecule has 0 aromatic rings. The zero-order chi connectivity index (χ0) is 17.6. The third-order valence-electron chi connectivity index (χ3n) is 4.77. The first kappa shape index (κ1) is 21.8. The van der Waals surface area contributed by atoms with Gasteiger partial charge in [0.25, 0.3) is 0 Å². The van der Waals surface area contributed by atoms with E-state index in [9.17, 15) is 0 Å². The lowest BCUT2D eigenvalue weighted by atomic mass is 9.95. The van der Waals surface area contributed by atoms with Gasteiger partial charge in [0.15, 0.2) is 0 Å². The van der Waals surface area contributed by atoms with Crippen molar-refractivity contribution in [2.75, 3.05) is 0 Å². The first-order valence-corrected chi connectivity index (χ1v) is 8.66. The molecule has 0 fully saturated rings. The molecule has 4 nitrogen and oxygen atoms in total. The highest BCUT2D eigenvalue weighted by molar-refractivity contribution is 4.73. The molecule has 0 atom stereocenters. The molecule has 0 aliphatic heterocycles. The molecule has 0 aliphatic rings. The van der Waals surface area contributed by atoms with Gasteiger partial charge in [0.2, 0.25) is 5.79 Å². The van der Waals surface area contributed by atoms with Crippen LogP contribution in [0.5, 0.6) is 0 Å². The monoisotopic (exact) mass is 318 g/mol. The van der Waals surface area contributed by atoms with Crippen LogP contribution in [-0.4, -0.2) is 17.0 Å². The number of hydrogen-bond acceptors (Lipinski definition) is 4. The molecule has 0 rings (SSSR count). The Morgan fingerprint density at radius 3 is 1.27 bits per heavy atom. The van der Waals surface area contributed by atoms with Crippen LogP contribution in [0.15, 0.2) is 0 Å². The van der Waals surface area contributed by atoms with Gasteiger partial charge in [-0.25, -0.2) is 9.78 Å². The van der Waals surface area contributed by atoms with Crippen molar-refractivity contribution in [2.45, 2.75) is 105 Å². The summed E-state index contributed by atoms with van der Waals surface area (Å²) < 4.78 is 0. The summed E-state index contributed by atoms with van der Waals surface area (Å²) in [6, 6.07) is 0. The molecule has 0 N–H and O–H groups in total. The molecule has 0 aromatic heterocycles.